The second-order valence-corrected chi connectivity index (χ2v) is 7.24. The van der Waals surface area contributed by atoms with Gasteiger partial charge in [-0.3, -0.25) is 0 Å². The van der Waals surface area contributed by atoms with Crippen molar-refractivity contribution in [3.8, 4) is 0 Å². The van der Waals surface area contributed by atoms with E-state index < -0.39 is 10.0 Å². The maximum Gasteiger partial charge on any atom is 0.260 e. The van der Waals surface area contributed by atoms with Gasteiger partial charge in [-0.15, -0.1) is 0 Å². The zero-order valence-electron chi connectivity index (χ0n) is 12.5. The lowest BCUT2D eigenvalue weighted by molar-refractivity contribution is 0.567. The Morgan fingerprint density at radius 2 is 1.90 bits per heavy atom. The summed E-state index contributed by atoms with van der Waals surface area (Å²) in [7, 11) is -3.60. The monoisotopic (exact) mass is 295 g/mol. The summed E-state index contributed by atoms with van der Waals surface area (Å²) in [5, 5.41) is 0.119. The van der Waals surface area contributed by atoms with Crippen molar-refractivity contribution in [1.29, 1.82) is 0 Å². The molecule has 0 atom stereocenters. The van der Waals surface area contributed by atoms with E-state index in [1.54, 1.807) is 13.8 Å². The molecule has 0 fully saturated rings. The highest BCUT2D eigenvalue weighted by Gasteiger charge is 2.25. The first-order valence-electron chi connectivity index (χ1n) is 6.74. The molecule has 0 aliphatic heterocycles. The summed E-state index contributed by atoms with van der Waals surface area (Å²) in [6.45, 7) is 9.50. The highest BCUT2D eigenvalue weighted by Crippen LogP contribution is 2.25. The van der Waals surface area contributed by atoms with Crippen molar-refractivity contribution in [2.24, 2.45) is 0 Å². The average Bonchev–Trinajstić information content (AvgIpc) is 2.68. The molecular formula is C14H21N3O2S. The van der Waals surface area contributed by atoms with E-state index in [1.807, 2.05) is 43.5 Å². The lowest BCUT2D eigenvalue weighted by Gasteiger charge is -2.08. The second-order valence-electron chi connectivity index (χ2n) is 5.62. The first-order valence-corrected chi connectivity index (χ1v) is 8.22. The van der Waals surface area contributed by atoms with Crippen LogP contribution in [0, 0.1) is 6.92 Å². The number of fused-ring (bicyclic) bond motifs is 1. The van der Waals surface area contributed by atoms with Crippen LogP contribution >= 0.6 is 0 Å². The molecule has 0 aromatic carbocycles. The molecule has 20 heavy (non-hydrogen) atoms. The van der Waals surface area contributed by atoms with Crippen LogP contribution in [0.5, 0.6) is 0 Å². The molecule has 0 aliphatic rings. The number of nitrogens with one attached hydrogen (secondary N) is 1. The van der Waals surface area contributed by atoms with Crippen molar-refractivity contribution >= 4 is 15.5 Å². The van der Waals surface area contributed by atoms with Gasteiger partial charge in [0.25, 0.3) is 10.0 Å². The summed E-state index contributed by atoms with van der Waals surface area (Å²) in [5.74, 6) is 0.903. The van der Waals surface area contributed by atoms with Gasteiger partial charge in [-0.25, -0.2) is 18.1 Å². The van der Waals surface area contributed by atoms with Crippen LogP contribution in [0.4, 0.5) is 0 Å². The SMILES string of the molecule is Cc1cccn2c(C(C)C)nc(S(=O)(=O)NC(C)C)c12. The molecule has 2 aromatic heterocycles. The lowest BCUT2D eigenvalue weighted by Crippen LogP contribution is -2.30. The molecule has 5 nitrogen and oxygen atoms in total. The van der Waals surface area contributed by atoms with Crippen molar-refractivity contribution < 1.29 is 8.42 Å². The highest BCUT2D eigenvalue weighted by molar-refractivity contribution is 7.89. The lowest BCUT2D eigenvalue weighted by atomic mass is 10.2. The molecule has 0 spiro atoms. The molecular weight excluding hydrogens is 274 g/mol. The Hall–Kier alpha value is -1.40. The quantitative estimate of drug-likeness (QED) is 0.942. The Labute approximate surface area is 120 Å². The number of hydrogen-bond acceptors (Lipinski definition) is 3. The summed E-state index contributed by atoms with van der Waals surface area (Å²) >= 11 is 0. The average molecular weight is 295 g/mol. The molecule has 1 N–H and O–H groups in total. The predicted octanol–water partition coefficient (Wildman–Crippen LogP) is 2.45. The summed E-state index contributed by atoms with van der Waals surface area (Å²) < 4.78 is 29.4. The molecule has 2 aromatic rings. The highest BCUT2D eigenvalue weighted by atomic mass is 32.2. The molecule has 0 unspecified atom stereocenters. The third-order valence-corrected chi connectivity index (χ3v) is 4.60. The van der Waals surface area contributed by atoms with Gasteiger partial charge in [-0.2, -0.15) is 0 Å². The number of aromatic nitrogens is 2. The van der Waals surface area contributed by atoms with E-state index in [0.29, 0.717) is 5.52 Å². The van der Waals surface area contributed by atoms with Gasteiger partial charge in [0.1, 0.15) is 5.82 Å². The van der Waals surface area contributed by atoms with Gasteiger partial charge in [0.05, 0.1) is 5.52 Å². The zero-order valence-corrected chi connectivity index (χ0v) is 13.3. The number of pyridine rings is 1. The van der Waals surface area contributed by atoms with Crippen molar-refractivity contribution in [3.63, 3.8) is 0 Å². The minimum absolute atomic E-state index is 0.119. The minimum atomic E-state index is -3.60. The summed E-state index contributed by atoms with van der Waals surface area (Å²) in [6, 6.07) is 3.64. The Morgan fingerprint density at radius 1 is 1.25 bits per heavy atom. The van der Waals surface area contributed by atoms with E-state index in [-0.39, 0.29) is 17.0 Å². The fraction of sp³-hybridized carbons (Fsp3) is 0.500. The van der Waals surface area contributed by atoms with Crippen molar-refractivity contribution in [3.05, 3.63) is 29.7 Å². The number of imidazole rings is 1. The van der Waals surface area contributed by atoms with Crippen LogP contribution in [0.1, 0.15) is 45.0 Å². The van der Waals surface area contributed by atoms with Crippen LogP contribution in [-0.4, -0.2) is 23.8 Å². The fourth-order valence-corrected chi connectivity index (χ4v) is 3.71. The minimum Gasteiger partial charge on any atom is -0.302 e. The van der Waals surface area contributed by atoms with E-state index >= 15 is 0 Å². The van der Waals surface area contributed by atoms with Crippen molar-refractivity contribution in [2.45, 2.75) is 51.6 Å². The number of hydrogen-bond donors (Lipinski definition) is 1. The van der Waals surface area contributed by atoms with E-state index in [2.05, 4.69) is 9.71 Å². The molecule has 0 aliphatic carbocycles. The molecule has 0 radical (unpaired) electrons. The maximum atomic E-state index is 12.5. The summed E-state index contributed by atoms with van der Waals surface area (Å²) in [6.07, 6.45) is 1.86. The van der Waals surface area contributed by atoms with Gasteiger partial charge < -0.3 is 4.40 Å². The number of sulfonamides is 1. The third-order valence-electron chi connectivity index (χ3n) is 3.02. The van der Waals surface area contributed by atoms with Gasteiger partial charge in [-0.05, 0) is 32.4 Å². The van der Waals surface area contributed by atoms with Gasteiger partial charge in [0, 0.05) is 18.2 Å². The number of aryl methyl sites for hydroxylation is 1. The van der Waals surface area contributed by atoms with E-state index in [0.717, 1.165) is 11.4 Å². The van der Waals surface area contributed by atoms with E-state index in [4.69, 9.17) is 0 Å². The van der Waals surface area contributed by atoms with Gasteiger partial charge in [0.15, 0.2) is 5.03 Å². The van der Waals surface area contributed by atoms with E-state index in [9.17, 15) is 8.42 Å². The van der Waals surface area contributed by atoms with Crippen LogP contribution in [-0.2, 0) is 10.0 Å². The van der Waals surface area contributed by atoms with Crippen LogP contribution in [0.25, 0.3) is 5.52 Å². The number of nitrogens with zero attached hydrogens (tertiary/aromatic N) is 2. The van der Waals surface area contributed by atoms with Crippen LogP contribution in [0.2, 0.25) is 0 Å². The van der Waals surface area contributed by atoms with Gasteiger partial charge >= 0.3 is 0 Å². The topological polar surface area (TPSA) is 63.5 Å². The molecule has 0 bridgehead atoms. The zero-order chi connectivity index (χ0) is 15.1. The Balaban J connectivity index is 2.77. The largest absolute Gasteiger partial charge is 0.302 e. The Bertz CT molecular complexity index is 730. The predicted molar refractivity (Wildman–Crippen MR) is 79.5 cm³/mol. The van der Waals surface area contributed by atoms with Crippen LogP contribution in [0.3, 0.4) is 0 Å². The van der Waals surface area contributed by atoms with Crippen LogP contribution < -0.4 is 4.72 Å². The fourth-order valence-electron chi connectivity index (χ4n) is 2.25. The Kier molecular flexibility index (Phi) is 3.88. The molecule has 0 saturated carbocycles. The number of rotatable bonds is 4. The van der Waals surface area contributed by atoms with Crippen LogP contribution in [0.15, 0.2) is 23.4 Å². The first kappa shape index (κ1) is 15.0. The summed E-state index contributed by atoms with van der Waals surface area (Å²) in [5.41, 5.74) is 1.56. The smallest absolute Gasteiger partial charge is 0.260 e. The second kappa shape index (κ2) is 5.18. The van der Waals surface area contributed by atoms with Crippen molar-refractivity contribution in [2.75, 3.05) is 0 Å². The van der Waals surface area contributed by atoms with Gasteiger partial charge in [0.2, 0.25) is 0 Å². The normalized spacial score (nSPS) is 12.8. The third kappa shape index (κ3) is 2.58. The molecule has 0 amide bonds. The molecule has 0 saturated heterocycles. The molecule has 2 rings (SSSR count). The molecule has 2 heterocycles. The first-order chi connectivity index (χ1) is 9.24. The Morgan fingerprint density at radius 3 is 2.45 bits per heavy atom. The standard InChI is InChI=1S/C14H21N3O2S/c1-9(2)13-15-14(20(18,19)16-10(3)4)12-11(5)7-6-8-17(12)13/h6-10,16H,1-5H3. The van der Waals surface area contributed by atoms with E-state index in [1.165, 1.54) is 0 Å². The summed E-state index contributed by atoms with van der Waals surface area (Å²) in [4.78, 5) is 4.39. The maximum absolute atomic E-state index is 12.5. The molecule has 110 valence electrons. The van der Waals surface area contributed by atoms with Crippen molar-refractivity contribution in [1.82, 2.24) is 14.1 Å². The van der Waals surface area contributed by atoms with Gasteiger partial charge in [-0.1, -0.05) is 19.9 Å². The molecule has 6 heteroatoms.